The van der Waals surface area contributed by atoms with Gasteiger partial charge in [-0.3, -0.25) is 10.1 Å². The number of thiazole rings is 1. The number of aryl methyl sites for hydroxylation is 1. The zero-order valence-corrected chi connectivity index (χ0v) is 13.6. The summed E-state index contributed by atoms with van der Waals surface area (Å²) in [5, 5.41) is 7.61. The molecule has 3 aromatic rings. The fraction of sp³-hybridized carbons (Fsp3) is 0.188. The lowest BCUT2D eigenvalue weighted by Crippen LogP contribution is -2.30. The third kappa shape index (κ3) is 3.75. The number of carbonyl (C=O) groups is 1. The summed E-state index contributed by atoms with van der Waals surface area (Å²) in [7, 11) is 0. The second kappa shape index (κ2) is 6.62. The standard InChI is InChI=1S/C16H16N4O2S/c1-11-10-17-16(23-11)18-15(21)12(2)22-14-8-9-20(19-14)13-6-4-3-5-7-13/h3-10,12H,1-2H3,(H,17,18,21)/t12-/m1/s1. The van der Waals surface area contributed by atoms with E-state index < -0.39 is 6.10 Å². The monoisotopic (exact) mass is 328 g/mol. The summed E-state index contributed by atoms with van der Waals surface area (Å²) in [6.07, 6.45) is 2.84. The van der Waals surface area contributed by atoms with Crippen LogP contribution in [0.2, 0.25) is 0 Å². The number of nitrogens with zero attached hydrogens (tertiary/aromatic N) is 3. The van der Waals surface area contributed by atoms with E-state index in [9.17, 15) is 4.79 Å². The molecule has 2 heterocycles. The Morgan fingerprint density at radius 2 is 2.09 bits per heavy atom. The average Bonchev–Trinajstić information content (AvgIpc) is 3.17. The lowest BCUT2D eigenvalue weighted by molar-refractivity contribution is -0.122. The van der Waals surface area contributed by atoms with Crippen LogP contribution in [0.3, 0.4) is 0 Å². The first-order chi connectivity index (χ1) is 11.1. The zero-order chi connectivity index (χ0) is 16.2. The van der Waals surface area contributed by atoms with Crippen molar-refractivity contribution in [1.82, 2.24) is 14.8 Å². The Balaban J connectivity index is 1.62. The van der Waals surface area contributed by atoms with Gasteiger partial charge in [0.05, 0.1) is 5.69 Å². The van der Waals surface area contributed by atoms with Gasteiger partial charge in [-0.05, 0) is 26.0 Å². The van der Waals surface area contributed by atoms with E-state index >= 15 is 0 Å². The van der Waals surface area contributed by atoms with Gasteiger partial charge in [0.1, 0.15) is 0 Å². The normalized spacial score (nSPS) is 11.9. The molecule has 0 aliphatic heterocycles. The van der Waals surface area contributed by atoms with Gasteiger partial charge >= 0.3 is 0 Å². The molecule has 0 radical (unpaired) electrons. The molecule has 0 spiro atoms. The number of amides is 1. The molecule has 0 fully saturated rings. The van der Waals surface area contributed by atoms with Gasteiger partial charge < -0.3 is 4.74 Å². The Bertz CT molecular complexity index is 797. The number of benzene rings is 1. The zero-order valence-electron chi connectivity index (χ0n) is 12.8. The van der Waals surface area contributed by atoms with Gasteiger partial charge in [-0.1, -0.05) is 18.2 Å². The van der Waals surface area contributed by atoms with Gasteiger partial charge in [0, 0.05) is 23.3 Å². The number of hydrogen-bond acceptors (Lipinski definition) is 5. The highest BCUT2D eigenvalue weighted by Crippen LogP contribution is 2.18. The smallest absolute Gasteiger partial charge is 0.266 e. The lowest BCUT2D eigenvalue weighted by Gasteiger charge is -2.11. The maximum Gasteiger partial charge on any atom is 0.266 e. The molecule has 1 atom stereocenters. The number of rotatable bonds is 5. The number of para-hydroxylation sites is 1. The molecule has 1 amide bonds. The van der Waals surface area contributed by atoms with Crippen LogP contribution in [-0.2, 0) is 4.79 Å². The summed E-state index contributed by atoms with van der Waals surface area (Å²) in [4.78, 5) is 17.2. The molecule has 0 saturated carbocycles. The Morgan fingerprint density at radius 3 is 2.78 bits per heavy atom. The maximum atomic E-state index is 12.1. The van der Waals surface area contributed by atoms with Crippen LogP contribution in [0.15, 0.2) is 48.8 Å². The molecule has 7 heteroatoms. The predicted molar refractivity (Wildman–Crippen MR) is 89.1 cm³/mol. The summed E-state index contributed by atoms with van der Waals surface area (Å²) < 4.78 is 7.29. The first-order valence-corrected chi connectivity index (χ1v) is 7.94. The molecule has 0 bridgehead atoms. The quantitative estimate of drug-likeness (QED) is 0.781. The van der Waals surface area contributed by atoms with Crippen molar-refractivity contribution in [2.24, 2.45) is 0 Å². The van der Waals surface area contributed by atoms with Crippen molar-refractivity contribution in [3.05, 3.63) is 53.7 Å². The molecule has 2 aromatic heterocycles. The van der Waals surface area contributed by atoms with Crippen molar-refractivity contribution in [3.8, 4) is 11.6 Å². The second-order valence-electron chi connectivity index (χ2n) is 4.96. The fourth-order valence-corrected chi connectivity index (χ4v) is 2.62. The van der Waals surface area contributed by atoms with Gasteiger partial charge in [0.25, 0.3) is 5.91 Å². The molecule has 0 saturated heterocycles. The first-order valence-electron chi connectivity index (χ1n) is 7.13. The highest BCUT2D eigenvalue weighted by molar-refractivity contribution is 7.15. The van der Waals surface area contributed by atoms with E-state index in [1.165, 1.54) is 11.3 Å². The largest absolute Gasteiger partial charge is 0.463 e. The molecule has 0 unspecified atom stereocenters. The Morgan fingerprint density at radius 1 is 1.30 bits per heavy atom. The van der Waals surface area contributed by atoms with Crippen molar-refractivity contribution < 1.29 is 9.53 Å². The van der Waals surface area contributed by atoms with Crippen molar-refractivity contribution in [2.45, 2.75) is 20.0 Å². The molecule has 0 aliphatic rings. The number of hydrogen-bond donors (Lipinski definition) is 1. The first kappa shape index (κ1) is 15.2. The Hall–Kier alpha value is -2.67. The molecule has 118 valence electrons. The van der Waals surface area contributed by atoms with Gasteiger partial charge in [0.15, 0.2) is 11.2 Å². The number of carbonyl (C=O) groups excluding carboxylic acids is 1. The van der Waals surface area contributed by atoms with E-state index in [2.05, 4.69) is 15.4 Å². The van der Waals surface area contributed by atoms with Crippen molar-refractivity contribution in [1.29, 1.82) is 0 Å². The topological polar surface area (TPSA) is 69.0 Å². The fourth-order valence-electron chi connectivity index (χ4n) is 1.95. The van der Waals surface area contributed by atoms with Gasteiger partial charge in [0.2, 0.25) is 5.88 Å². The van der Waals surface area contributed by atoms with Crippen LogP contribution < -0.4 is 10.1 Å². The predicted octanol–water partition coefficient (Wildman–Crippen LogP) is 3.04. The molecule has 1 N–H and O–H groups in total. The van der Waals surface area contributed by atoms with Gasteiger partial charge in [-0.15, -0.1) is 16.4 Å². The number of anilines is 1. The van der Waals surface area contributed by atoms with Crippen molar-refractivity contribution in [3.63, 3.8) is 0 Å². The SMILES string of the molecule is Cc1cnc(NC(=O)[C@@H](C)Oc2ccn(-c3ccccc3)n2)s1. The molecular weight excluding hydrogens is 312 g/mol. The third-order valence-electron chi connectivity index (χ3n) is 3.10. The molecular formula is C16H16N4O2S. The van der Waals surface area contributed by atoms with Crippen LogP contribution in [0.4, 0.5) is 5.13 Å². The second-order valence-corrected chi connectivity index (χ2v) is 6.19. The Labute approximate surface area is 137 Å². The summed E-state index contributed by atoms with van der Waals surface area (Å²) in [6.45, 7) is 3.61. The minimum atomic E-state index is -0.668. The van der Waals surface area contributed by atoms with E-state index in [1.54, 1.807) is 30.1 Å². The van der Waals surface area contributed by atoms with Crippen LogP contribution >= 0.6 is 11.3 Å². The number of aromatic nitrogens is 3. The van der Waals surface area contributed by atoms with E-state index in [0.717, 1.165) is 10.6 Å². The maximum absolute atomic E-state index is 12.1. The minimum absolute atomic E-state index is 0.256. The molecule has 1 aromatic carbocycles. The van der Waals surface area contributed by atoms with Crippen molar-refractivity contribution >= 4 is 22.4 Å². The van der Waals surface area contributed by atoms with E-state index in [0.29, 0.717) is 11.0 Å². The summed E-state index contributed by atoms with van der Waals surface area (Å²) in [6, 6.07) is 11.4. The molecule has 23 heavy (non-hydrogen) atoms. The van der Waals surface area contributed by atoms with Crippen molar-refractivity contribution in [2.75, 3.05) is 5.32 Å². The average molecular weight is 328 g/mol. The minimum Gasteiger partial charge on any atom is -0.463 e. The van der Waals surface area contributed by atoms with E-state index in [1.807, 2.05) is 37.3 Å². The molecule has 3 rings (SSSR count). The summed E-state index contributed by atoms with van der Waals surface area (Å²) in [5.74, 6) is 0.139. The van der Waals surface area contributed by atoms with Crippen LogP contribution in [0.5, 0.6) is 5.88 Å². The number of nitrogens with one attached hydrogen (secondary N) is 1. The molecule has 6 nitrogen and oxygen atoms in total. The molecule has 0 aliphatic carbocycles. The van der Waals surface area contributed by atoms with Crippen LogP contribution in [0.25, 0.3) is 5.69 Å². The lowest BCUT2D eigenvalue weighted by atomic mass is 10.3. The van der Waals surface area contributed by atoms with Gasteiger partial charge in [-0.25, -0.2) is 9.67 Å². The van der Waals surface area contributed by atoms with Crippen LogP contribution in [0.1, 0.15) is 11.8 Å². The third-order valence-corrected chi connectivity index (χ3v) is 3.93. The van der Waals surface area contributed by atoms with Crippen LogP contribution in [0, 0.1) is 6.92 Å². The van der Waals surface area contributed by atoms with Gasteiger partial charge in [-0.2, -0.15) is 0 Å². The van der Waals surface area contributed by atoms with E-state index in [4.69, 9.17) is 4.74 Å². The highest BCUT2D eigenvalue weighted by atomic mass is 32.1. The summed E-state index contributed by atoms with van der Waals surface area (Å²) >= 11 is 1.42. The van der Waals surface area contributed by atoms with Crippen LogP contribution in [-0.4, -0.2) is 26.8 Å². The number of ether oxygens (including phenoxy) is 1. The highest BCUT2D eigenvalue weighted by Gasteiger charge is 2.17. The van der Waals surface area contributed by atoms with E-state index in [-0.39, 0.29) is 5.91 Å². The Kier molecular flexibility index (Phi) is 4.38. The summed E-state index contributed by atoms with van der Waals surface area (Å²) in [5.41, 5.74) is 0.928.